The molecule has 7 heteroatoms. The number of fused-ring (bicyclic) bond motifs is 1. The normalized spacial score (nSPS) is 16.5. The first-order valence-corrected chi connectivity index (χ1v) is 10.2. The fourth-order valence-electron chi connectivity index (χ4n) is 3.85. The van der Waals surface area contributed by atoms with Gasteiger partial charge >= 0.3 is 0 Å². The van der Waals surface area contributed by atoms with E-state index in [1.54, 1.807) is 17.1 Å². The second kappa shape index (κ2) is 7.67. The van der Waals surface area contributed by atoms with Gasteiger partial charge in [0.15, 0.2) is 5.69 Å². The first kappa shape index (κ1) is 19.7. The molecule has 1 atom stereocenters. The average Bonchev–Trinajstić information content (AvgIpc) is 3.27. The lowest BCUT2D eigenvalue weighted by atomic mass is 9.71. The van der Waals surface area contributed by atoms with E-state index < -0.39 is 0 Å². The maximum absolute atomic E-state index is 12.8. The van der Waals surface area contributed by atoms with E-state index in [1.165, 1.54) is 0 Å². The number of amides is 1. The minimum atomic E-state index is -0.258. The van der Waals surface area contributed by atoms with E-state index in [-0.39, 0.29) is 11.3 Å². The number of anilines is 1. The number of carbonyl (C=O) groups is 1. The summed E-state index contributed by atoms with van der Waals surface area (Å²) in [6.07, 6.45) is 6.13. The van der Waals surface area contributed by atoms with Gasteiger partial charge in [-0.1, -0.05) is 49.7 Å². The number of nitrogens with zero attached hydrogens (tertiary/aromatic N) is 3. The van der Waals surface area contributed by atoms with E-state index >= 15 is 0 Å². The number of halogens is 1. The van der Waals surface area contributed by atoms with Crippen molar-refractivity contribution in [3.05, 3.63) is 64.3 Å². The molecule has 3 aromatic rings. The molecule has 1 aliphatic rings. The zero-order valence-corrected chi connectivity index (χ0v) is 17.7. The number of benzene rings is 1. The Labute approximate surface area is 175 Å². The van der Waals surface area contributed by atoms with Crippen LogP contribution >= 0.6 is 11.6 Å². The molecule has 0 saturated carbocycles. The third-order valence-electron chi connectivity index (χ3n) is 5.60. The smallest absolute Gasteiger partial charge is 0.278 e. The van der Waals surface area contributed by atoms with Gasteiger partial charge in [-0.3, -0.25) is 9.48 Å². The Bertz CT molecular complexity index is 1030. The number of carbonyl (C=O) groups excluding carboxylic acids is 1. The van der Waals surface area contributed by atoms with Crippen molar-refractivity contribution >= 4 is 23.2 Å². The van der Waals surface area contributed by atoms with Gasteiger partial charge in [-0.05, 0) is 41.9 Å². The van der Waals surface area contributed by atoms with Crippen LogP contribution in [0.25, 0.3) is 0 Å². The predicted octanol–water partition coefficient (Wildman–Crippen LogP) is 4.98. The van der Waals surface area contributed by atoms with Crippen LogP contribution in [-0.2, 0) is 19.4 Å². The van der Waals surface area contributed by atoms with Gasteiger partial charge < -0.3 is 9.84 Å². The Morgan fingerprint density at radius 3 is 2.97 bits per heavy atom. The van der Waals surface area contributed by atoms with Gasteiger partial charge in [0, 0.05) is 23.2 Å². The summed E-state index contributed by atoms with van der Waals surface area (Å²) in [6.45, 7) is 7.29. The highest BCUT2D eigenvalue weighted by Gasteiger charge is 2.34. The van der Waals surface area contributed by atoms with Crippen LogP contribution in [0.1, 0.15) is 54.6 Å². The van der Waals surface area contributed by atoms with E-state index in [1.807, 2.05) is 24.3 Å². The van der Waals surface area contributed by atoms with Gasteiger partial charge in [0.2, 0.25) is 0 Å². The molecule has 6 nitrogen and oxygen atoms in total. The Morgan fingerprint density at radius 1 is 1.38 bits per heavy atom. The molecule has 1 amide bonds. The lowest BCUT2D eigenvalue weighted by Gasteiger charge is -2.33. The summed E-state index contributed by atoms with van der Waals surface area (Å²) in [6, 6.07) is 7.62. The predicted molar refractivity (Wildman–Crippen MR) is 112 cm³/mol. The lowest BCUT2D eigenvalue weighted by molar-refractivity contribution is 0.101. The first-order valence-electron chi connectivity index (χ1n) is 9.85. The van der Waals surface area contributed by atoms with E-state index in [4.69, 9.17) is 16.1 Å². The van der Waals surface area contributed by atoms with Gasteiger partial charge in [0.1, 0.15) is 5.76 Å². The van der Waals surface area contributed by atoms with E-state index in [2.05, 4.69) is 36.3 Å². The highest BCUT2D eigenvalue weighted by Crippen LogP contribution is 2.38. The van der Waals surface area contributed by atoms with Crippen LogP contribution in [0.2, 0.25) is 5.02 Å². The summed E-state index contributed by atoms with van der Waals surface area (Å²) in [5.41, 5.74) is 3.18. The summed E-state index contributed by atoms with van der Waals surface area (Å²) in [7, 11) is 0. The van der Waals surface area contributed by atoms with Crippen molar-refractivity contribution in [3.63, 3.8) is 0 Å². The third kappa shape index (κ3) is 4.37. The quantitative estimate of drug-likeness (QED) is 0.656. The average molecular weight is 413 g/mol. The first-order chi connectivity index (χ1) is 13.8. The van der Waals surface area contributed by atoms with Crippen LogP contribution < -0.4 is 5.32 Å². The fraction of sp³-hybridized carbons (Fsp3) is 0.409. The van der Waals surface area contributed by atoms with Crippen molar-refractivity contribution in [2.75, 3.05) is 5.32 Å². The minimum Gasteiger partial charge on any atom is -0.360 e. The maximum atomic E-state index is 12.8. The Morgan fingerprint density at radius 2 is 2.21 bits per heavy atom. The Hall–Kier alpha value is -2.60. The zero-order chi connectivity index (χ0) is 20.6. The van der Waals surface area contributed by atoms with Crippen LogP contribution in [0.4, 0.5) is 5.69 Å². The second-order valence-corrected chi connectivity index (χ2v) is 9.19. The van der Waals surface area contributed by atoms with Crippen molar-refractivity contribution in [1.29, 1.82) is 0 Å². The van der Waals surface area contributed by atoms with Crippen LogP contribution in [0.5, 0.6) is 0 Å². The number of hydrogen-bond acceptors (Lipinski definition) is 4. The van der Waals surface area contributed by atoms with Crippen LogP contribution in [0.15, 0.2) is 41.2 Å². The molecular weight excluding hydrogens is 388 g/mol. The molecule has 0 saturated heterocycles. The van der Waals surface area contributed by atoms with Gasteiger partial charge in [-0.2, -0.15) is 5.10 Å². The van der Waals surface area contributed by atoms with Crippen molar-refractivity contribution in [2.24, 2.45) is 11.3 Å². The summed E-state index contributed by atoms with van der Waals surface area (Å²) < 4.78 is 7.22. The number of hydrogen-bond donors (Lipinski definition) is 1. The maximum Gasteiger partial charge on any atom is 0.278 e. The Kier molecular flexibility index (Phi) is 5.21. The van der Waals surface area contributed by atoms with Gasteiger partial charge in [-0.25, -0.2) is 0 Å². The molecule has 0 bridgehead atoms. The second-order valence-electron chi connectivity index (χ2n) is 8.75. The lowest BCUT2D eigenvalue weighted by Crippen LogP contribution is -2.27. The molecule has 1 aromatic carbocycles. The largest absolute Gasteiger partial charge is 0.360 e. The fourth-order valence-corrected chi connectivity index (χ4v) is 4.06. The number of rotatable bonds is 4. The van der Waals surface area contributed by atoms with Crippen molar-refractivity contribution in [1.82, 2.24) is 14.9 Å². The summed E-state index contributed by atoms with van der Waals surface area (Å²) in [5.74, 6) is 1.08. The standard InChI is InChI=1S/C22H25ClN4O2/c1-22(2,3)15-7-8-19-18(10-15)20(26-29-19)21(28)25-17-11-24-27(13-17)12-14-5-4-6-16(23)9-14/h4-6,9,11,13,15H,7-8,10,12H2,1-3H3,(H,25,28). The molecule has 0 radical (unpaired) electrons. The number of nitrogens with one attached hydrogen (secondary N) is 1. The van der Waals surface area contributed by atoms with Gasteiger partial charge in [0.05, 0.1) is 18.4 Å². The van der Waals surface area contributed by atoms with E-state index in [9.17, 15) is 4.79 Å². The summed E-state index contributed by atoms with van der Waals surface area (Å²) in [5, 5.41) is 12.0. The van der Waals surface area contributed by atoms with Crippen molar-refractivity contribution < 1.29 is 9.32 Å². The topological polar surface area (TPSA) is 73.0 Å². The molecular formula is C22H25ClN4O2. The number of aromatic nitrogens is 3. The molecule has 1 unspecified atom stereocenters. The molecule has 0 aliphatic heterocycles. The van der Waals surface area contributed by atoms with Crippen LogP contribution in [0.3, 0.4) is 0 Å². The molecule has 2 aromatic heterocycles. The van der Waals surface area contributed by atoms with Crippen molar-refractivity contribution in [3.8, 4) is 0 Å². The molecule has 4 rings (SSSR count). The van der Waals surface area contributed by atoms with Crippen LogP contribution in [0, 0.1) is 11.3 Å². The summed E-state index contributed by atoms with van der Waals surface area (Å²) >= 11 is 6.04. The molecule has 1 aliphatic carbocycles. The molecule has 0 spiro atoms. The molecule has 152 valence electrons. The van der Waals surface area contributed by atoms with Gasteiger partial charge in [0.25, 0.3) is 5.91 Å². The van der Waals surface area contributed by atoms with Crippen LogP contribution in [-0.4, -0.2) is 20.8 Å². The highest BCUT2D eigenvalue weighted by molar-refractivity contribution is 6.30. The zero-order valence-electron chi connectivity index (χ0n) is 16.9. The molecule has 1 N–H and O–H groups in total. The third-order valence-corrected chi connectivity index (χ3v) is 5.84. The Balaban J connectivity index is 1.46. The van der Waals surface area contributed by atoms with E-state index in [0.29, 0.717) is 28.9 Å². The SMILES string of the molecule is CC(C)(C)C1CCc2onc(C(=O)Nc3cnn(Cc4cccc(Cl)c4)c3)c2C1. The summed E-state index contributed by atoms with van der Waals surface area (Å²) in [4.78, 5) is 12.8. The molecule has 2 heterocycles. The number of aryl methyl sites for hydroxylation is 1. The van der Waals surface area contributed by atoms with Gasteiger partial charge in [-0.15, -0.1) is 0 Å². The molecule has 29 heavy (non-hydrogen) atoms. The van der Waals surface area contributed by atoms with Crippen molar-refractivity contribution in [2.45, 2.75) is 46.6 Å². The monoisotopic (exact) mass is 412 g/mol. The highest BCUT2D eigenvalue weighted by atomic mass is 35.5. The minimum absolute atomic E-state index is 0.185. The molecule has 0 fully saturated rings. The van der Waals surface area contributed by atoms with E-state index in [0.717, 1.165) is 36.1 Å².